The van der Waals surface area contributed by atoms with Gasteiger partial charge in [0.2, 0.25) is 5.91 Å². The normalized spacial score (nSPS) is 16.8. The molecule has 0 saturated carbocycles. The van der Waals surface area contributed by atoms with Crippen LogP contribution in [-0.4, -0.2) is 33.9 Å². The average molecular weight is 394 g/mol. The molecule has 0 unspecified atom stereocenters. The Labute approximate surface area is 168 Å². The number of aryl methyl sites for hydroxylation is 1. The standard InChI is InChI=1S/C21H23N5OS/c1-15-5-2-3-6-16(15)11-18-12-24-21(28-18)25-20(27)17-7-4-10-26(14-17)19-13-22-8-9-23-19/h2-3,5-6,8-9,12-13,17H,4,7,10-11,14H2,1H3,(H,24,25,27)/t17-/m1/s1. The number of amides is 1. The van der Waals surface area contributed by atoms with Gasteiger partial charge < -0.3 is 10.2 Å². The van der Waals surface area contributed by atoms with E-state index < -0.39 is 0 Å². The molecule has 1 amide bonds. The summed E-state index contributed by atoms with van der Waals surface area (Å²) < 4.78 is 0. The Morgan fingerprint density at radius 1 is 1.25 bits per heavy atom. The first-order valence-corrected chi connectivity index (χ1v) is 10.3. The lowest BCUT2D eigenvalue weighted by atomic mass is 9.97. The largest absolute Gasteiger partial charge is 0.355 e. The number of carbonyl (C=O) groups is 1. The number of benzene rings is 1. The summed E-state index contributed by atoms with van der Waals surface area (Å²) in [5.41, 5.74) is 2.56. The van der Waals surface area contributed by atoms with Gasteiger partial charge in [-0.15, -0.1) is 11.3 Å². The zero-order chi connectivity index (χ0) is 19.3. The molecular formula is C21H23N5OS. The van der Waals surface area contributed by atoms with E-state index in [1.807, 2.05) is 12.3 Å². The molecule has 1 aromatic carbocycles. The fourth-order valence-corrected chi connectivity index (χ4v) is 4.34. The molecule has 144 valence electrons. The minimum Gasteiger partial charge on any atom is -0.355 e. The third kappa shape index (κ3) is 4.36. The van der Waals surface area contributed by atoms with Crippen LogP contribution < -0.4 is 10.2 Å². The fraction of sp³-hybridized carbons (Fsp3) is 0.333. The van der Waals surface area contributed by atoms with Crippen molar-refractivity contribution in [3.05, 3.63) is 65.1 Å². The highest BCUT2D eigenvalue weighted by atomic mass is 32.1. The van der Waals surface area contributed by atoms with Gasteiger partial charge in [-0.05, 0) is 30.9 Å². The summed E-state index contributed by atoms with van der Waals surface area (Å²) in [5.74, 6) is 0.791. The number of nitrogens with zero attached hydrogens (tertiary/aromatic N) is 4. The summed E-state index contributed by atoms with van der Waals surface area (Å²) in [6.45, 7) is 3.68. The van der Waals surface area contributed by atoms with E-state index in [1.54, 1.807) is 29.9 Å². The Hall–Kier alpha value is -2.80. The molecule has 1 fully saturated rings. The van der Waals surface area contributed by atoms with Crippen LogP contribution in [-0.2, 0) is 11.2 Å². The number of thiazole rings is 1. The molecule has 28 heavy (non-hydrogen) atoms. The number of rotatable bonds is 5. The van der Waals surface area contributed by atoms with E-state index in [9.17, 15) is 4.79 Å². The Bertz CT molecular complexity index is 943. The number of hydrogen-bond acceptors (Lipinski definition) is 6. The van der Waals surface area contributed by atoms with Crippen LogP contribution in [0, 0.1) is 12.8 Å². The maximum absolute atomic E-state index is 12.8. The van der Waals surface area contributed by atoms with E-state index in [4.69, 9.17) is 0 Å². The van der Waals surface area contributed by atoms with Crippen molar-refractivity contribution in [2.45, 2.75) is 26.2 Å². The van der Waals surface area contributed by atoms with Gasteiger partial charge >= 0.3 is 0 Å². The Balaban J connectivity index is 1.37. The number of carbonyl (C=O) groups excluding carboxylic acids is 1. The van der Waals surface area contributed by atoms with Gasteiger partial charge in [-0.3, -0.25) is 9.78 Å². The van der Waals surface area contributed by atoms with Crippen LogP contribution in [0.4, 0.5) is 10.9 Å². The number of anilines is 2. The number of hydrogen-bond donors (Lipinski definition) is 1. The van der Waals surface area contributed by atoms with Crippen molar-refractivity contribution in [3.63, 3.8) is 0 Å². The van der Waals surface area contributed by atoms with Crippen LogP contribution in [0.5, 0.6) is 0 Å². The number of nitrogens with one attached hydrogen (secondary N) is 1. The van der Waals surface area contributed by atoms with Gasteiger partial charge in [-0.1, -0.05) is 24.3 Å². The topological polar surface area (TPSA) is 71.0 Å². The van der Waals surface area contributed by atoms with Crippen LogP contribution >= 0.6 is 11.3 Å². The molecule has 3 aromatic rings. The van der Waals surface area contributed by atoms with Crippen LogP contribution in [0.1, 0.15) is 28.8 Å². The lowest BCUT2D eigenvalue weighted by Crippen LogP contribution is -2.41. The van der Waals surface area contributed by atoms with Gasteiger partial charge in [-0.25, -0.2) is 9.97 Å². The molecule has 0 spiro atoms. The van der Waals surface area contributed by atoms with Gasteiger partial charge in [-0.2, -0.15) is 0 Å². The maximum Gasteiger partial charge on any atom is 0.231 e. The molecule has 1 saturated heterocycles. The van der Waals surface area contributed by atoms with Gasteiger partial charge in [0, 0.05) is 43.0 Å². The SMILES string of the molecule is Cc1ccccc1Cc1cnc(NC(=O)[C@@H]2CCCN(c3cnccn3)C2)s1. The Kier molecular flexibility index (Phi) is 5.62. The molecule has 0 radical (unpaired) electrons. The molecule has 6 nitrogen and oxygen atoms in total. The monoisotopic (exact) mass is 393 g/mol. The van der Waals surface area contributed by atoms with E-state index in [0.717, 1.165) is 36.5 Å². The lowest BCUT2D eigenvalue weighted by molar-refractivity contribution is -0.120. The third-order valence-corrected chi connectivity index (χ3v) is 5.99. The second-order valence-electron chi connectivity index (χ2n) is 7.07. The summed E-state index contributed by atoms with van der Waals surface area (Å²) in [6.07, 6.45) is 9.64. The van der Waals surface area contributed by atoms with Crippen molar-refractivity contribution in [2.75, 3.05) is 23.3 Å². The minimum atomic E-state index is -0.0699. The molecule has 2 aromatic heterocycles. The molecule has 1 atom stereocenters. The smallest absolute Gasteiger partial charge is 0.231 e. The molecule has 0 aliphatic carbocycles. The molecule has 3 heterocycles. The third-order valence-electron chi connectivity index (χ3n) is 5.08. The highest BCUT2D eigenvalue weighted by Crippen LogP contribution is 2.25. The predicted octanol–water partition coefficient (Wildman–Crippen LogP) is 3.69. The zero-order valence-corrected chi connectivity index (χ0v) is 16.7. The maximum atomic E-state index is 12.8. The van der Waals surface area contributed by atoms with Crippen molar-refractivity contribution >= 4 is 28.2 Å². The fourth-order valence-electron chi connectivity index (χ4n) is 3.50. The molecule has 1 aliphatic rings. The summed E-state index contributed by atoms with van der Waals surface area (Å²) in [7, 11) is 0. The van der Waals surface area contributed by atoms with E-state index in [-0.39, 0.29) is 11.8 Å². The predicted molar refractivity (Wildman–Crippen MR) is 112 cm³/mol. The van der Waals surface area contributed by atoms with Crippen LogP contribution in [0.15, 0.2) is 49.1 Å². The first-order valence-electron chi connectivity index (χ1n) is 9.50. The highest BCUT2D eigenvalue weighted by molar-refractivity contribution is 7.15. The van der Waals surface area contributed by atoms with E-state index in [2.05, 4.69) is 50.3 Å². The van der Waals surface area contributed by atoms with Gasteiger partial charge in [0.25, 0.3) is 0 Å². The highest BCUT2D eigenvalue weighted by Gasteiger charge is 2.27. The van der Waals surface area contributed by atoms with Crippen molar-refractivity contribution in [1.82, 2.24) is 15.0 Å². The summed E-state index contributed by atoms with van der Waals surface area (Å²) in [5, 5.41) is 3.68. The van der Waals surface area contributed by atoms with E-state index >= 15 is 0 Å². The summed E-state index contributed by atoms with van der Waals surface area (Å²) in [6, 6.07) is 8.35. The quantitative estimate of drug-likeness (QED) is 0.716. The van der Waals surface area contributed by atoms with Gasteiger partial charge in [0.05, 0.1) is 12.1 Å². The zero-order valence-electron chi connectivity index (χ0n) is 15.8. The van der Waals surface area contributed by atoms with Crippen LogP contribution in [0.2, 0.25) is 0 Å². The minimum absolute atomic E-state index is 0.0328. The summed E-state index contributed by atoms with van der Waals surface area (Å²) in [4.78, 5) is 28.9. The van der Waals surface area contributed by atoms with E-state index in [1.165, 1.54) is 11.1 Å². The molecule has 7 heteroatoms. The molecule has 0 bridgehead atoms. The van der Waals surface area contributed by atoms with Crippen molar-refractivity contribution in [1.29, 1.82) is 0 Å². The molecule has 1 aliphatic heterocycles. The number of aromatic nitrogens is 3. The van der Waals surface area contributed by atoms with Gasteiger partial charge in [0.1, 0.15) is 5.82 Å². The first-order chi connectivity index (χ1) is 13.7. The molecular weight excluding hydrogens is 370 g/mol. The van der Waals surface area contributed by atoms with Gasteiger partial charge in [0.15, 0.2) is 5.13 Å². The molecule has 4 rings (SSSR count). The second kappa shape index (κ2) is 8.48. The van der Waals surface area contributed by atoms with Crippen molar-refractivity contribution in [3.8, 4) is 0 Å². The van der Waals surface area contributed by atoms with Crippen LogP contribution in [0.25, 0.3) is 0 Å². The first kappa shape index (κ1) is 18.6. The lowest BCUT2D eigenvalue weighted by Gasteiger charge is -2.32. The molecule has 1 N–H and O–H groups in total. The van der Waals surface area contributed by atoms with Crippen molar-refractivity contribution < 1.29 is 4.79 Å². The number of piperidine rings is 1. The van der Waals surface area contributed by atoms with Crippen molar-refractivity contribution in [2.24, 2.45) is 5.92 Å². The average Bonchev–Trinajstić information content (AvgIpc) is 3.17. The van der Waals surface area contributed by atoms with E-state index in [0.29, 0.717) is 11.7 Å². The second-order valence-corrected chi connectivity index (χ2v) is 8.19. The Morgan fingerprint density at radius 3 is 2.96 bits per heavy atom. The Morgan fingerprint density at radius 2 is 2.14 bits per heavy atom. The van der Waals surface area contributed by atoms with Crippen LogP contribution in [0.3, 0.4) is 0 Å². The summed E-state index contributed by atoms with van der Waals surface area (Å²) >= 11 is 1.55.